The summed E-state index contributed by atoms with van der Waals surface area (Å²) in [5.41, 5.74) is 2.28. The van der Waals surface area contributed by atoms with Gasteiger partial charge >= 0.3 is 0 Å². The summed E-state index contributed by atoms with van der Waals surface area (Å²) in [5, 5.41) is 24.7. The van der Waals surface area contributed by atoms with Crippen LogP contribution in [0.2, 0.25) is 19.6 Å². The first-order chi connectivity index (χ1) is 16.0. The molecule has 2 heterocycles. The van der Waals surface area contributed by atoms with E-state index in [1.54, 1.807) is 0 Å². The maximum Gasteiger partial charge on any atom is 0.137 e. The number of aryl methyl sites for hydroxylation is 1. The summed E-state index contributed by atoms with van der Waals surface area (Å²) >= 11 is 0. The Labute approximate surface area is 198 Å². The predicted octanol–water partition coefficient (Wildman–Crippen LogP) is 4.49. The molecule has 2 aromatic carbocycles. The summed E-state index contributed by atoms with van der Waals surface area (Å²) in [6.07, 6.45) is 2.81. The van der Waals surface area contributed by atoms with Crippen LogP contribution in [0.4, 0.5) is 8.78 Å². The Morgan fingerprint density at radius 2 is 1.82 bits per heavy atom. The Morgan fingerprint density at radius 1 is 1.12 bits per heavy atom. The van der Waals surface area contributed by atoms with E-state index in [4.69, 9.17) is 0 Å². The monoisotopic (exact) mass is 481 g/mol. The molecule has 0 radical (unpaired) electrons. The van der Waals surface area contributed by atoms with Gasteiger partial charge in [0.2, 0.25) is 0 Å². The fraction of sp³-hybridized carbons (Fsp3) is 0.320. The molecule has 6 nitrogen and oxygen atoms in total. The molecule has 0 aliphatic carbocycles. The van der Waals surface area contributed by atoms with Crippen molar-refractivity contribution in [1.82, 2.24) is 25.0 Å². The average molecular weight is 482 g/mol. The van der Waals surface area contributed by atoms with E-state index in [1.165, 1.54) is 23.4 Å². The standard InChI is InChI=1S/C25H29F2N5OSi/c1-16(18-6-8-19(9-7-18)23-17(2)30-31-24(23)34(3,4)5)25(33,13-32-15-28-14-29-32)21-11-10-20(26)12-22(21)27/h6-12,14-16,33H,13H2,1-5H3,(H,30,31)/t16-,25+/m0/s1. The highest BCUT2D eigenvalue weighted by Gasteiger charge is 2.40. The Kier molecular flexibility index (Phi) is 6.26. The van der Waals surface area contributed by atoms with Gasteiger partial charge in [0, 0.05) is 28.8 Å². The first-order valence-corrected chi connectivity index (χ1v) is 14.7. The third-order valence-corrected chi connectivity index (χ3v) is 8.12. The molecule has 0 saturated heterocycles. The van der Waals surface area contributed by atoms with Crippen molar-refractivity contribution < 1.29 is 13.9 Å². The number of halogens is 2. The molecular formula is C25H29F2N5OSi. The van der Waals surface area contributed by atoms with Crippen molar-refractivity contribution in [3.8, 4) is 11.1 Å². The van der Waals surface area contributed by atoms with Crippen LogP contribution in [0.3, 0.4) is 0 Å². The zero-order valence-electron chi connectivity index (χ0n) is 20.0. The van der Waals surface area contributed by atoms with Crippen molar-refractivity contribution in [2.24, 2.45) is 0 Å². The molecule has 9 heteroatoms. The number of nitrogens with one attached hydrogen (secondary N) is 1. The number of hydrogen-bond acceptors (Lipinski definition) is 4. The van der Waals surface area contributed by atoms with Gasteiger partial charge in [0.1, 0.15) is 38.0 Å². The van der Waals surface area contributed by atoms with E-state index in [0.717, 1.165) is 39.8 Å². The van der Waals surface area contributed by atoms with Gasteiger partial charge in [0.25, 0.3) is 0 Å². The van der Waals surface area contributed by atoms with E-state index in [1.807, 2.05) is 38.1 Å². The van der Waals surface area contributed by atoms with Gasteiger partial charge in [-0.05, 0) is 24.1 Å². The molecule has 0 amide bonds. The van der Waals surface area contributed by atoms with Crippen LogP contribution in [0, 0.1) is 18.6 Å². The van der Waals surface area contributed by atoms with Gasteiger partial charge in [0.05, 0.1) is 11.9 Å². The van der Waals surface area contributed by atoms with Crippen LogP contribution in [-0.2, 0) is 12.1 Å². The molecule has 0 aliphatic rings. The first-order valence-electron chi connectivity index (χ1n) is 11.2. The molecule has 0 unspecified atom stereocenters. The van der Waals surface area contributed by atoms with E-state index < -0.39 is 31.2 Å². The van der Waals surface area contributed by atoms with Crippen LogP contribution >= 0.6 is 0 Å². The van der Waals surface area contributed by atoms with Gasteiger partial charge in [0.15, 0.2) is 0 Å². The first kappa shape index (κ1) is 24.0. The number of aromatic nitrogens is 5. The average Bonchev–Trinajstić information content (AvgIpc) is 3.42. The number of rotatable bonds is 7. The zero-order chi connectivity index (χ0) is 24.7. The maximum absolute atomic E-state index is 14.8. The number of aliphatic hydroxyl groups is 1. The molecule has 34 heavy (non-hydrogen) atoms. The Hall–Kier alpha value is -3.17. The Bertz CT molecular complexity index is 1280. The predicted molar refractivity (Wildman–Crippen MR) is 130 cm³/mol. The van der Waals surface area contributed by atoms with Crippen LogP contribution in [0.25, 0.3) is 11.1 Å². The number of nitrogens with zero attached hydrogens (tertiary/aromatic N) is 4. The molecule has 2 atom stereocenters. The largest absolute Gasteiger partial charge is 0.382 e. The molecule has 0 spiro atoms. The second-order valence-electron chi connectivity index (χ2n) is 9.81. The molecule has 0 saturated carbocycles. The van der Waals surface area contributed by atoms with Gasteiger partial charge in [-0.25, -0.2) is 18.4 Å². The van der Waals surface area contributed by atoms with E-state index >= 15 is 0 Å². The van der Waals surface area contributed by atoms with Crippen molar-refractivity contribution in [2.75, 3.05) is 0 Å². The quantitative estimate of drug-likeness (QED) is 0.381. The summed E-state index contributed by atoms with van der Waals surface area (Å²) in [7, 11) is -1.67. The highest BCUT2D eigenvalue weighted by molar-refractivity contribution is 6.89. The van der Waals surface area contributed by atoms with Crippen molar-refractivity contribution in [2.45, 2.75) is 51.6 Å². The molecule has 0 bridgehead atoms. The van der Waals surface area contributed by atoms with Gasteiger partial charge in [-0.15, -0.1) is 0 Å². The number of H-pyrrole nitrogens is 1. The Balaban J connectivity index is 1.74. The molecule has 0 aliphatic heterocycles. The minimum Gasteiger partial charge on any atom is -0.382 e. The molecular weight excluding hydrogens is 452 g/mol. The van der Waals surface area contributed by atoms with E-state index in [9.17, 15) is 13.9 Å². The van der Waals surface area contributed by atoms with Crippen molar-refractivity contribution in [3.63, 3.8) is 0 Å². The SMILES string of the molecule is Cc1[nH]nc([Si](C)(C)C)c1-c1ccc([C@H](C)[C@](O)(Cn2cncn2)c2ccc(F)cc2F)cc1. The maximum atomic E-state index is 14.8. The Morgan fingerprint density at radius 3 is 2.41 bits per heavy atom. The van der Waals surface area contributed by atoms with Gasteiger partial charge < -0.3 is 5.11 Å². The minimum atomic E-state index is -1.69. The lowest BCUT2D eigenvalue weighted by Crippen LogP contribution is -2.40. The lowest BCUT2D eigenvalue weighted by molar-refractivity contribution is -0.0112. The van der Waals surface area contributed by atoms with Crippen molar-refractivity contribution in [1.29, 1.82) is 0 Å². The van der Waals surface area contributed by atoms with Gasteiger partial charge in [-0.1, -0.05) is 56.9 Å². The van der Waals surface area contributed by atoms with Crippen molar-refractivity contribution in [3.05, 3.63) is 83.6 Å². The summed E-state index contributed by atoms with van der Waals surface area (Å²) in [6, 6.07) is 11.1. The van der Waals surface area contributed by atoms with E-state index in [0.29, 0.717) is 0 Å². The fourth-order valence-electron chi connectivity index (χ4n) is 4.40. The smallest absolute Gasteiger partial charge is 0.137 e. The minimum absolute atomic E-state index is 0.00711. The summed E-state index contributed by atoms with van der Waals surface area (Å²) in [5.74, 6) is -2.04. The number of hydrogen-bond donors (Lipinski definition) is 2. The summed E-state index contributed by atoms with van der Waals surface area (Å²) < 4.78 is 29.9. The van der Waals surface area contributed by atoms with Crippen LogP contribution in [0.5, 0.6) is 0 Å². The normalized spacial score (nSPS) is 14.7. The highest BCUT2D eigenvalue weighted by Crippen LogP contribution is 2.40. The molecule has 0 fully saturated rings. The summed E-state index contributed by atoms with van der Waals surface area (Å²) in [6.45, 7) is 10.6. The molecule has 2 aromatic heterocycles. The van der Waals surface area contributed by atoms with Gasteiger partial charge in [-0.2, -0.15) is 10.2 Å². The number of aromatic amines is 1. The van der Waals surface area contributed by atoms with E-state index in [2.05, 4.69) is 39.9 Å². The lowest BCUT2D eigenvalue weighted by atomic mass is 9.77. The molecule has 4 aromatic rings. The highest BCUT2D eigenvalue weighted by atomic mass is 28.3. The third-order valence-electron chi connectivity index (χ3n) is 6.34. The number of benzene rings is 2. The molecule has 2 N–H and O–H groups in total. The van der Waals surface area contributed by atoms with Crippen LogP contribution in [0.1, 0.15) is 29.7 Å². The van der Waals surface area contributed by atoms with Crippen molar-refractivity contribution >= 4 is 13.4 Å². The van der Waals surface area contributed by atoms with Crippen LogP contribution in [-0.4, -0.2) is 38.1 Å². The van der Waals surface area contributed by atoms with Gasteiger partial charge in [-0.3, -0.25) is 5.10 Å². The second-order valence-corrected chi connectivity index (χ2v) is 14.8. The zero-order valence-corrected chi connectivity index (χ0v) is 21.0. The second kappa shape index (κ2) is 8.88. The fourth-order valence-corrected chi connectivity index (χ4v) is 5.87. The topological polar surface area (TPSA) is 79.6 Å². The summed E-state index contributed by atoms with van der Waals surface area (Å²) in [4.78, 5) is 3.93. The molecule has 4 rings (SSSR count). The van der Waals surface area contributed by atoms with E-state index in [-0.39, 0.29) is 12.1 Å². The third kappa shape index (κ3) is 4.45. The molecule has 178 valence electrons. The van der Waals surface area contributed by atoms with Crippen LogP contribution < -0.4 is 5.32 Å². The van der Waals surface area contributed by atoms with Crippen LogP contribution in [0.15, 0.2) is 55.1 Å². The lowest BCUT2D eigenvalue weighted by Gasteiger charge is -2.35.